The molecule has 3 unspecified atom stereocenters. The first kappa shape index (κ1) is 7.60. The van der Waals surface area contributed by atoms with Gasteiger partial charge in [0, 0.05) is 0 Å². The molecule has 2 aliphatic carbocycles. The molecular formula is C10H18O. The van der Waals surface area contributed by atoms with Crippen molar-refractivity contribution in [2.45, 2.75) is 45.1 Å². The Kier molecular flexibility index (Phi) is 1.92. The van der Waals surface area contributed by atoms with Gasteiger partial charge in [-0.1, -0.05) is 19.8 Å². The minimum atomic E-state index is 0.0373. The maximum atomic E-state index is 9.69. The molecule has 0 aliphatic heterocycles. The lowest BCUT2D eigenvalue weighted by molar-refractivity contribution is 0.125. The Labute approximate surface area is 68.8 Å². The number of aliphatic hydroxyl groups is 1. The Morgan fingerprint density at radius 1 is 1.36 bits per heavy atom. The van der Waals surface area contributed by atoms with Crippen LogP contribution in [0.2, 0.25) is 0 Å². The standard InChI is InChI=1S/C10H18O/c1-2-4-9(11)10-7-5-3-6-8(7)10/h7-11H,2-6H2,1H3. The number of hydrogen-bond acceptors (Lipinski definition) is 1. The lowest BCUT2D eigenvalue weighted by atomic mass is 10.0. The third kappa shape index (κ3) is 1.20. The first-order valence-electron chi connectivity index (χ1n) is 5.02. The highest BCUT2D eigenvalue weighted by Crippen LogP contribution is 2.59. The van der Waals surface area contributed by atoms with Crippen LogP contribution in [0.25, 0.3) is 0 Å². The van der Waals surface area contributed by atoms with Gasteiger partial charge in [-0.25, -0.2) is 0 Å². The zero-order valence-corrected chi connectivity index (χ0v) is 7.29. The van der Waals surface area contributed by atoms with Crippen molar-refractivity contribution in [3.05, 3.63) is 0 Å². The molecular weight excluding hydrogens is 136 g/mol. The van der Waals surface area contributed by atoms with Crippen LogP contribution in [-0.2, 0) is 0 Å². The number of rotatable bonds is 3. The van der Waals surface area contributed by atoms with E-state index in [0.717, 1.165) is 24.7 Å². The minimum Gasteiger partial charge on any atom is -0.393 e. The molecule has 0 bridgehead atoms. The van der Waals surface area contributed by atoms with Gasteiger partial charge in [-0.3, -0.25) is 0 Å². The van der Waals surface area contributed by atoms with Gasteiger partial charge in [0.25, 0.3) is 0 Å². The van der Waals surface area contributed by atoms with E-state index in [2.05, 4.69) is 6.92 Å². The molecule has 2 saturated carbocycles. The predicted octanol–water partition coefficient (Wildman–Crippen LogP) is 2.19. The third-order valence-electron chi connectivity index (χ3n) is 3.50. The number of fused-ring (bicyclic) bond motifs is 1. The first-order valence-corrected chi connectivity index (χ1v) is 5.02. The van der Waals surface area contributed by atoms with Crippen LogP contribution in [0, 0.1) is 17.8 Å². The molecule has 0 aromatic heterocycles. The average molecular weight is 154 g/mol. The Morgan fingerprint density at radius 3 is 2.55 bits per heavy atom. The lowest BCUT2D eigenvalue weighted by Gasteiger charge is -2.10. The minimum absolute atomic E-state index is 0.0373. The fraction of sp³-hybridized carbons (Fsp3) is 1.00. The highest BCUT2D eigenvalue weighted by molar-refractivity contribution is 5.03. The van der Waals surface area contributed by atoms with E-state index in [4.69, 9.17) is 0 Å². The van der Waals surface area contributed by atoms with E-state index in [1.807, 2.05) is 0 Å². The summed E-state index contributed by atoms with van der Waals surface area (Å²) in [6, 6.07) is 0. The van der Waals surface area contributed by atoms with Crippen LogP contribution in [0.4, 0.5) is 0 Å². The summed E-state index contributed by atoms with van der Waals surface area (Å²) >= 11 is 0. The molecule has 3 atom stereocenters. The molecule has 1 heteroatoms. The Morgan fingerprint density at radius 2 is 2.00 bits per heavy atom. The SMILES string of the molecule is CCCC(O)C1C2CCCC21. The number of aliphatic hydroxyl groups excluding tert-OH is 1. The van der Waals surface area contributed by atoms with Crippen LogP contribution in [0.3, 0.4) is 0 Å². The van der Waals surface area contributed by atoms with Crippen LogP contribution in [-0.4, -0.2) is 11.2 Å². The zero-order chi connectivity index (χ0) is 7.84. The van der Waals surface area contributed by atoms with E-state index in [-0.39, 0.29) is 6.10 Å². The van der Waals surface area contributed by atoms with Crippen LogP contribution in [0.5, 0.6) is 0 Å². The lowest BCUT2D eigenvalue weighted by Crippen LogP contribution is -2.12. The molecule has 11 heavy (non-hydrogen) atoms. The Balaban J connectivity index is 1.80. The zero-order valence-electron chi connectivity index (χ0n) is 7.29. The molecule has 1 N–H and O–H groups in total. The van der Waals surface area contributed by atoms with Crippen LogP contribution >= 0.6 is 0 Å². The van der Waals surface area contributed by atoms with Gasteiger partial charge in [-0.15, -0.1) is 0 Å². The van der Waals surface area contributed by atoms with E-state index < -0.39 is 0 Å². The molecule has 0 saturated heterocycles. The second-order valence-electron chi connectivity index (χ2n) is 4.19. The fourth-order valence-corrected chi connectivity index (χ4v) is 2.94. The van der Waals surface area contributed by atoms with Gasteiger partial charge in [0.15, 0.2) is 0 Å². The summed E-state index contributed by atoms with van der Waals surface area (Å²) in [4.78, 5) is 0. The van der Waals surface area contributed by atoms with Crippen LogP contribution in [0.15, 0.2) is 0 Å². The predicted molar refractivity (Wildman–Crippen MR) is 45.2 cm³/mol. The summed E-state index contributed by atoms with van der Waals surface area (Å²) in [7, 11) is 0. The monoisotopic (exact) mass is 154 g/mol. The highest BCUT2D eigenvalue weighted by atomic mass is 16.3. The summed E-state index contributed by atoms with van der Waals surface area (Å²) in [5, 5.41) is 9.69. The molecule has 64 valence electrons. The van der Waals surface area contributed by atoms with Crippen LogP contribution in [0.1, 0.15) is 39.0 Å². The first-order chi connectivity index (χ1) is 5.34. The van der Waals surface area contributed by atoms with Gasteiger partial charge in [-0.05, 0) is 37.0 Å². The van der Waals surface area contributed by atoms with Crippen molar-refractivity contribution >= 4 is 0 Å². The van der Waals surface area contributed by atoms with Gasteiger partial charge in [0.05, 0.1) is 6.10 Å². The van der Waals surface area contributed by atoms with E-state index in [1.54, 1.807) is 0 Å². The summed E-state index contributed by atoms with van der Waals surface area (Å²) < 4.78 is 0. The summed E-state index contributed by atoms with van der Waals surface area (Å²) in [5.41, 5.74) is 0. The molecule has 0 radical (unpaired) electrons. The molecule has 0 spiro atoms. The Bertz CT molecular complexity index is 134. The van der Waals surface area contributed by atoms with Gasteiger partial charge < -0.3 is 5.11 Å². The molecule has 1 nitrogen and oxygen atoms in total. The summed E-state index contributed by atoms with van der Waals surface area (Å²) in [5.74, 6) is 2.57. The summed E-state index contributed by atoms with van der Waals surface area (Å²) in [6.07, 6.45) is 6.42. The quantitative estimate of drug-likeness (QED) is 0.660. The van der Waals surface area contributed by atoms with Gasteiger partial charge in [0.1, 0.15) is 0 Å². The molecule has 0 aromatic carbocycles. The maximum absolute atomic E-state index is 9.69. The van der Waals surface area contributed by atoms with Crippen molar-refractivity contribution in [1.82, 2.24) is 0 Å². The van der Waals surface area contributed by atoms with Crippen molar-refractivity contribution in [1.29, 1.82) is 0 Å². The largest absolute Gasteiger partial charge is 0.393 e. The molecule has 0 aromatic rings. The van der Waals surface area contributed by atoms with Crippen molar-refractivity contribution in [2.75, 3.05) is 0 Å². The topological polar surface area (TPSA) is 20.2 Å². The van der Waals surface area contributed by atoms with Gasteiger partial charge >= 0.3 is 0 Å². The van der Waals surface area contributed by atoms with Crippen molar-refractivity contribution in [3.63, 3.8) is 0 Å². The van der Waals surface area contributed by atoms with E-state index in [9.17, 15) is 5.11 Å². The molecule has 2 rings (SSSR count). The Hall–Kier alpha value is -0.0400. The van der Waals surface area contributed by atoms with E-state index in [0.29, 0.717) is 5.92 Å². The third-order valence-corrected chi connectivity index (χ3v) is 3.50. The highest BCUT2D eigenvalue weighted by Gasteiger charge is 2.55. The fourth-order valence-electron chi connectivity index (χ4n) is 2.94. The normalized spacial score (nSPS) is 43.6. The molecule has 0 amide bonds. The second-order valence-corrected chi connectivity index (χ2v) is 4.19. The molecule has 0 heterocycles. The second kappa shape index (κ2) is 2.78. The number of hydrogen-bond donors (Lipinski definition) is 1. The van der Waals surface area contributed by atoms with Crippen molar-refractivity contribution in [2.24, 2.45) is 17.8 Å². The van der Waals surface area contributed by atoms with E-state index >= 15 is 0 Å². The van der Waals surface area contributed by atoms with Crippen molar-refractivity contribution in [3.8, 4) is 0 Å². The van der Waals surface area contributed by atoms with Gasteiger partial charge in [0.2, 0.25) is 0 Å². The molecule has 2 aliphatic rings. The van der Waals surface area contributed by atoms with Crippen molar-refractivity contribution < 1.29 is 5.11 Å². The average Bonchev–Trinajstić information content (AvgIpc) is 2.47. The van der Waals surface area contributed by atoms with E-state index in [1.165, 1.54) is 19.3 Å². The van der Waals surface area contributed by atoms with Gasteiger partial charge in [-0.2, -0.15) is 0 Å². The summed E-state index contributed by atoms with van der Waals surface area (Å²) in [6.45, 7) is 2.15. The smallest absolute Gasteiger partial charge is 0.0573 e. The maximum Gasteiger partial charge on any atom is 0.0573 e. The van der Waals surface area contributed by atoms with Crippen LogP contribution < -0.4 is 0 Å². The molecule has 2 fully saturated rings.